The van der Waals surface area contributed by atoms with Crippen LogP contribution < -0.4 is 0 Å². The molecule has 0 saturated heterocycles. The zero-order valence-corrected chi connectivity index (χ0v) is 12.2. The molecule has 5 heteroatoms. The highest BCUT2D eigenvalue weighted by Gasteiger charge is 2.22. The van der Waals surface area contributed by atoms with E-state index in [1.54, 1.807) is 0 Å². The highest BCUT2D eigenvalue weighted by Crippen LogP contribution is 2.09. The van der Waals surface area contributed by atoms with Gasteiger partial charge in [0.25, 0.3) is 0 Å². The number of ether oxygens (including phenoxy) is 1. The van der Waals surface area contributed by atoms with Crippen LogP contribution in [0.2, 0.25) is 19.6 Å². The molecule has 0 aromatic rings. The average molecular weight is 262 g/mol. The Morgan fingerprint density at radius 1 is 1.24 bits per heavy atom. The maximum absolute atomic E-state index is 11.7. The lowest BCUT2D eigenvalue weighted by molar-refractivity contribution is -0.112. The first-order chi connectivity index (χ1) is 7.88. The van der Waals surface area contributed by atoms with E-state index >= 15 is 0 Å². The van der Waals surface area contributed by atoms with Gasteiger partial charge in [-0.15, -0.1) is 0 Å². The number of hydrogen-bond acceptors (Lipinski definition) is 4. The van der Waals surface area contributed by atoms with Crippen molar-refractivity contribution in [2.75, 3.05) is 19.8 Å². The summed E-state index contributed by atoms with van der Waals surface area (Å²) >= 11 is 0. The SMILES string of the molecule is C[Si](C)(C)C(=O)CCCCCOCC(O)CO. The molecule has 4 nitrogen and oxygen atoms in total. The Labute approximate surface area is 105 Å². The highest BCUT2D eigenvalue weighted by molar-refractivity contribution is 7.03. The summed E-state index contributed by atoms with van der Waals surface area (Å²) in [7, 11) is -1.59. The van der Waals surface area contributed by atoms with Gasteiger partial charge in [-0.1, -0.05) is 26.1 Å². The molecule has 1 atom stereocenters. The lowest BCUT2D eigenvalue weighted by Crippen LogP contribution is -2.33. The lowest BCUT2D eigenvalue weighted by Gasteiger charge is -2.13. The van der Waals surface area contributed by atoms with Crippen LogP contribution in [0.5, 0.6) is 0 Å². The Kier molecular flexibility index (Phi) is 8.68. The van der Waals surface area contributed by atoms with Gasteiger partial charge < -0.3 is 19.7 Å². The fourth-order valence-corrected chi connectivity index (χ4v) is 2.24. The quantitative estimate of drug-likeness (QED) is 0.461. The Balaban J connectivity index is 3.33. The van der Waals surface area contributed by atoms with Gasteiger partial charge in [-0.25, -0.2) is 0 Å². The van der Waals surface area contributed by atoms with Crippen LogP contribution >= 0.6 is 0 Å². The maximum atomic E-state index is 11.7. The van der Waals surface area contributed by atoms with E-state index in [2.05, 4.69) is 19.6 Å². The van der Waals surface area contributed by atoms with Crippen LogP contribution in [0, 0.1) is 0 Å². The molecule has 0 saturated carbocycles. The number of hydrogen-bond donors (Lipinski definition) is 2. The van der Waals surface area contributed by atoms with Gasteiger partial charge in [-0.05, 0) is 12.8 Å². The molecule has 0 radical (unpaired) electrons. The first-order valence-electron chi connectivity index (χ1n) is 6.28. The van der Waals surface area contributed by atoms with E-state index in [1.807, 2.05) is 0 Å². The van der Waals surface area contributed by atoms with Crippen LogP contribution in [-0.2, 0) is 9.53 Å². The Bertz CT molecular complexity index is 213. The van der Waals surface area contributed by atoms with E-state index in [9.17, 15) is 4.79 Å². The molecule has 0 aromatic carbocycles. The highest BCUT2D eigenvalue weighted by atomic mass is 28.3. The first kappa shape index (κ1) is 16.8. The molecule has 0 bridgehead atoms. The molecule has 102 valence electrons. The van der Waals surface area contributed by atoms with E-state index in [1.165, 1.54) is 0 Å². The van der Waals surface area contributed by atoms with Crippen molar-refractivity contribution in [3.8, 4) is 0 Å². The Morgan fingerprint density at radius 2 is 1.88 bits per heavy atom. The third-order valence-electron chi connectivity index (χ3n) is 2.55. The van der Waals surface area contributed by atoms with Crippen molar-refractivity contribution in [1.82, 2.24) is 0 Å². The second-order valence-electron chi connectivity index (χ2n) is 5.40. The maximum Gasteiger partial charge on any atom is 0.123 e. The van der Waals surface area contributed by atoms with Crippen LogP contribution in [0.3, 0.4) is 0 Å². The van der Waals surface area contributed by atoms with Crippen molar-refractivity contribution in [1.29, 1.82) is 0 Å². The van der Waals surface area contributed by atoms with Gasteiger partial charge in [0.15, 0.2) is 0 Å². The largest absolute Gasteiger partial charge is 0.394 e. The van der Waals surface area contributed by atoms with Crippen molar-refractivity contribution in [3.63, 3.8) is 0 Å². The van der Waals surface area contributed by atoms with Gasteiger partial charge in [0, 0.05) is 13.0 Å². The molecule has 0 aromatic heterocycles. The van der Waals surface area contributed by atoms with Crippen LogP contribution in [0.1, 0.15) is 25.7 Å². The summed E-state index contributed by atoms with van der Waals surface area (Å²) in [6, 6.07) is 0. The molecule has 0 fully saturated rings. The predicted octanol–water partition coefficient (Wildman–Crippen LogP) is 1.36. The zero-order chi connectivity index (χ0) is 13.3. The molecular weight excluding hydrogens is 236 g/mol. The van der Waals surface area contributed by atoms with E-state index < -0.39 is 14.2 Å². The average Bonchev–Trinajstić information content (AvgIpc) is 2.25. The van der Waals surface area contributed by atoms with Gasteiger partial charge in [0.1, 0.15) is 19.6 Å². The number of aliphatic hydroxyl groups excluding tert-OH is 2. The standard InChI is InChI=1S/C12H26O4Si/c1-17(2,3)12(15)7-5-4-6-8-16-10-11(14)9-13/h11,13-14H,4-10H2,1-3H3. The van der Waals surface area contributed by atoms with Crippen molar-refractivity contribution in [2.24, 2.45) is 0 Å². The molecule has 2 N–H and O–H groups in total. The predicted molar refractivity (Wildman–Crippen MR) is 70.7 cm³/mol. The Morgan fingerprint density at radius 3 is 2.41 bits per heavy atom. The van der Waals surface area contributed by atoms with E-state index in [0.29, 0.717) is 18.4 Å². The summed E-state index contributed by atoms with van der Waals surface area (Å²) in [5, 5.41) is 18.0. The molecule has 1 unspecified atom stereocenters. The minimum absolute atomic E-state index is 0.185. The van der Waals surface area contributed by atoms with Gasteiger partial charge in [-0.2, -0.15) is 0 Å². The lowest BCUT2D eigenvalue weighted by atomic mass is 10.2. The van der Waals surface area contributed by atoms with Gasteiger partial charge >= 0.3 is 0 Å². The summed E-state index contributed by atoms with van der Waals surface area (Å²) < 4.78 is 5.17. The third kappa shape index (κ3) is 9.47. The fourth-order valence-electron chi connectivity index (χ4n) is 1.31. The molecule has 17 heavy (non-hydrogen) atoms. The second-order valence-corrected chi connectivity index (χ2v) is 10.5. The monoisotopic (exact) mass is 262 g/mol. The molecule has 0 aliphatic rings. The molecule has 0 heterocycles. The van der Waals surface area contributed by atoms with Crippen molar-refractivity contribution < 1.29 is 19.7 Å². The van der Waals surface area contributed by atoms with Crippen LogP contribution in [0.15, 0.2) is 0 Å². The molecule has 0 aliphatic carbocycles. The van der Waals surface area contributed by atoms with E-state index in [-0.39, 0.29) is 13.2 Å². The number of carbonyl (C=O) groups is 1. The van der Waals surface area contributed by atoms with Gasteiger partial charge in [-0.3, -0.25) is 0 Å². The van der Waals surface area contributed by atoms with Crippen molar-refractivity contribution in [3.05, 3.63) is 0 Å². The van der Waals surface area contributed by atoms with Crippen LogP contribution in [-0.4, -0.2) is 49.6 Å². The van der Waals surface area contributed by atoms with Crippen molar-refractivity contribution >= 4 is 13.5 Å². The van der Waals surface area contributed by atoms with E-state index in [4.69, 9.17) is 14.9 Å². The minimum atomic E-state index is -1.59. The summed E-state index contributed by atoms with van der Waals surface area (Å²) in [6.07, 6.45) is 2.72. The molecule has 0 amide bonds. The minimum Gasteiger partial charge on any atom is -0.394 e. The third-order valence-corrected chi connectivity index (χ3v) is 4.47. The topological polar surface area (TPSA) is 66.8 Å². The zero-order valence-electron chi connectivity index (χ0n) is 11.2. The smallest absolute Gasteiger partial charge is 0.123 e. The molecule has 0 spiro atoms. The van der Waals surface area contributed by atoms with Crippen molar-refractivity contribution in [2.45, 2.75) is 51.4 Å². The molecular formula is C12H26O4Si. The Hall–Kier alpha value is -0.233. The second kappa shape index (κ2) is 8.80. The first-order valence-corrected chi connectivity index (χ1v) is 9.78. The summed E-state index contributed by atoms with van der Waals surface area (Å²) in [5.74, 6) is 0. The molecule has 0 aliphatic heterocycles. The summed E-state index contributed by atoms with van der Waals surface area (Å²) in [5.41, 5.74) is 0. The van der Waals surface area contributed by atoms with Gasteiger partial charge in [0.05, 0.1) is 13.2 Å². The normalized spacial score (nSPS) is 13.7. The fraction of sp³-hybridized carbons (Fsp3) is 0.917. The number of rotatable bonds is 10. The van der Waals surface area contributed by atoms with Gasteiger partial charge in [0.2, 0.25) is 0 Å². The number of unbranched alkanes of at least 4 members (excludes halogenated alkanes) is 2. The summed E-state index contributed by atoms with van der Waals surface area (Å²) in [6.45, 7) is 6.74. The summed E-state index contributed by atoms with van der Waals surface area (Å²) in [4.78, 5) is 11.7. The number of aliphatic hydroxyl groups is 2. The van der Waals surface area contributed by atoms with Crippen LogP contribution in [0.4, 0.5) is 0 Å². The number of carbonyl (C=O) groups excluding carboxylic acids is 1. The van der Waals surface area contributed by atoms with E-state index in [0.717, 1.165) is 19.3 Å². The van der Waals surface area contributed by atoms with Crippen LogP contribution in [0.25, 0.3) is 0 Å². The molecule has 0 rings (SSSR count).